The van der Waals surface area contributed by atoms with Crippen molar-refractivity contribution >= 4 is 17.0 Å². The third-order valence-corrected chi connectivity index (χ3v) is 4.55. The zero-order chi connectivity index (χ0) is 13.9. The van der Waals surface area contributed by atoms with Crippen LogP contribution in [0, 0.1) is 11.7 Å². The quantitative estimate of drug-likeness (QED) is 0.940. The lowest BCUT2D eigenvalue weighted by molar-refractivity contribution is 0.375. The number of hydrogen-bond acceptors (Lipinski definition) is 3. The van der Waals surface area contributed by atoms with Crippen molar-refractivity contribution in [3.63, 3.8) is 0 Å². The van der Waals surface area contributed by atoms with Gasteiger partial charge in [-0.05, 0) is 47.9 Å². The van der Waals surface area contributed by atoms with E-state index in [-0.39, 0.29) is 11.9 Å². The zero-order valence-electron chi connectivity index (χ0n) is 11.3. The molecule has 0 radical (unpaired) electrons. The van der Waals surface area contributed by atoms with Gasteiger partial charge < -0.3 is 10.6 Å². The molecule has 4 heteroatoms. The van der Waals surface area contributed by atoms with Crippen molar-refractivity contribution in [1.29, 1.82) is 0 Å². The lowest BCUT2D eigenvalue weighted by Crippen LogP contribution is -2.47. The molecule has 3 rings (SSSR count). The van der Waals surface area contributed by atoms with E-state index in [4.69, 9.17) is 5.73 Å². The molecular weight excluding hydrogens is 271 g/mol. The molecule has 0 saturated carbocycles. The van der Waals surface area contributed by atoms with Gasteiger partial charge in [-0.15, -0.1) is 0 Å². The van der Waals surface area contributed by atoms with Gasteiger partial charge >= 0.3 is 0 Å². The maximum absolute atomic E-state index is 12.9. The summed E-state index contributed by atoms with van der Waals surface area (Å²) >= 11 is 1.72. The van der Waals surface area contributed by atoms with E-state index in [0.717, 1.165) is 25.9 Å². The van der Waals surface area contributed by atoms with Crippen LogP contribution in [0.25, 0.3) is 0 Å². The van der Waals surface area contributed by atoms with Crippen LogP contribution in [0.15, 0.2) is 41.1 Å². The van der Waals surface area contributed by atoms with Gasteiger partial charge in [0.1, 0.15) is 5.82 Å². The van der Waals surface area contributed by atoms with E-state index in [2.05, 4.69) is 21.7 Å². The van der Waals surface area contributed by atoms with Gasteiger partial charge in [-0.1, -0.05) is 12.1 Å². The van der Waals surface area contributed by atoms with Crippen LogP contribution >= 0.6 is 11.3 Å². The van der Waals surface area contributed by atoms with Crippen LogP contribution in [0.2, 0.25) is 0 Å². The molecule has 1 aliphatic rings. The van der Waals surface area contributed by atoms with Crippen LogP contribution in [0.5, 0.6) is 0 Å². The Kier molecular flexibility index (Phi) is 4.03. The lowest BCUT2D eigenvalue weighted by atomic mass is 9.89. The standard InChI is InChI=1S/C16H19FN2S/c17-14-3-1-12(2-4-14)7-13-8-15(18)10-19(9-13)16-5-6-20-11-16/h1-6,11,13,15H,7-10,18H2. The molecule has 1 aliphatic heterocycles. The Morgan fingerprint density at radius 3 is 2.70 bits per heavy atom. The third-order valence-electron chi connectivity index (χ3n) is 3.88. The van der Waals surface area contributed by atoms with Crippen LogP contribution in [-0.4, -0.2) is 19.1 Å². The van der Waals surface area contributed by atoms with Gasteiger partial charge in [-0.25, -0.2) is 4.39 Å². The maximum atomic E-state index is 12.9. The SMILES string of the molecule is NC1CC(Cc2ccc(F)cc2)CN(c2ccsc2)C1. The molecule has 0 bridgehead atoms. The normalized spacial score (nSPS) is 23.0. The first-order valence-electron chi connectivity index (χ1n) is 6.98. The molecule has 1 fully saturated rings. The van der Waals surface area contributed by atoms with Gasteiger partial charge in [0.15, 0.2) is 0 Å². The van der Waals surface area contributed by atoms with Crippen LogP contribution in [0.1, 0.15) is 12.0 Å². The summed E-state index contributed by atoms with van der Waals surface area (Å²) < 4.78 is 12.9. The molecule has 2 unspecified atom stereocenters. The highest BCUT2D eigenvalue weighted by Gasteiger charge is 2.25. The highest BCUT2D eigenvalue weighted by molar-refractivity contribution is 7.08. The molecule has 2 nitrogen and oxygen atoms in total. The Labute approximate surface area is 123 Å². The smallest absolute Gasteiger partial charge is 0.123 e. The minimum absolute atomic E-state index is 0.172. The molecule has 1 saturated heterocycles. The summed E-state index contributed by atoms with van der Waals surface area (Å²) in [6.07, 6.45) is 2.01. The van der Waals surface area contributed by atoms with Crippen LogP contribution in [0.3, 0.4) is 0 Å². The third kappa shape index (κ3) is 3.19. The van der Waals surface area contributed by atoms with E-state index in [9.17, 15) is 4.39 Å². The maximum Gasteiger partial charge on any atom is 0.123 e. The largest absolute Gasteiger partial charge is 0.369 e. The number of nitrogens with two attached hydrogens (primary N) is 1. The molecule has 1 aromatic heterocycles. The first-order valence-corrected chi connectivity index (χ1v) is 7.92. The van der Waals surface area contributed by atoms with Crippen molar-refractivity contribution in [2.45, 2.75) is 18.9 Å². The fourth-order valence-corrected chi connectivity index (χ4v) is 3.66. The van der Waals surface area contributed by atoms with Crippen molar-refractivity contribution in [3.8, 4) is 0 Å². The second-order valence-electron chi connectivity index (χ2n) is 5.58. The molecule has 106 valence electrons. The number of hydrogen-bond donors (Lipinski definition) is 1. The Bertz CT molecular complexity index is 538. The predicted molar refractivity (Wildman–Crippen MR) is 82.7 cm³/mol. The monoisotopic (exact) mass is 290 g/mol. The molecule has 0 spiro atoms. The minimum Gasteiger partial charge on any atom is -0.369 e. The van der Waals surface area contributed by atoms with E-state index in [1.54, 1.807) is 11.3 Å². The van der Waals surface area contributed by atoms with E-state index in [1.807, 2.05) is 12.1 Å². The van der Waals surface area contributed by atoms with Crippen molar-refractivity contribution < 1.29 is 4.39 Å². The molecule has 0 aliphatic carbocycles. The summed E-state index contributed by atoms with van der Waals surface area (Å²) in [5.41, 5.74) is 8.66. The van der Waals surface area contributed by atoms with Gasteiger partial charge in [-0.2, -0.15) is 11.3 Å². The highest BCUT2D eigenvalue weighted by Crippen LogP contribution is 2.26. The number of benzene rings is 1. The van der Waals surface area contributed by atoms with Gasteiger partial charge in [-0.3, -0.25) is 0 Å². The first-order chi connectivity index (χ1) is 9.70. The predicted octanol–water partition coefficient (Wildman–Crippen LogP) is 3.28. The summed E-state index contributed by atoms with van der Waals surface area (Å²) in [5.74, 6) is 0.359. The molecular formula is C16H19FN2S. The summed E-state index contributed by atoms with van der Waals surface area (Å²) in [6.45, 7) is 1.96. The van der Waals surface area contributed by atoms with Crippen LogP contribution < -0.4 is 10.6 Å². The number of nitrogens with zero attached hydrogens (tertiary/aromatic N) is 1. The van der Waals surface area contributed by atoms with Crippen LogP contribution in [-0.2, 0) is 6.42 Å². The van der Waals surface area contributed by atoms with Crippen molar-refractivity contribution in [3.05, 3.63) is 52.5 Å². The topological polar surface area (TPSA) is 29.3 Å². The van der Waals surface area contributed by atoms with E-state index in [0.29, 0.717) is 5.92 Å². The number of anilines is 1. The van der Waals surface area contributed by atoms with Gasteiger partial charge in [0.2, 0.25) is 0 Å². The van der Waals surface area contributed by atoms with Crippen LogP contribution in [0.4, 0.5) is 10.1 Å². The average molecular weight is 290 g/mol. The summed E-state index contributed by atoms with van der Waals surface area (Å²) in [4.78, 5) is 2.37. The van der Waals surface area contributed by atoms with Gasteiger partial charge in [0.05, 0.1) is 0 Å². The van der Waals surface area contributed by atoms with E-state index in [1.165, 1.54) is 23.4 Å². The van der Waals surface area contributed by atoms with Crippen molar-refractivity contribution in [2.24, 2.45) is 11.7 Å². The summed E-state index contributed by atoms with van der Waals surface area (Å²) in [5, 5.41) is 4.28. The molecule has 2 N–H and O–H groups in total. The number of rotatable bonds is 3. The number of piperidine rings is 1. The van der Waals surface area contributed by atoms with Gasteiger partial charge in [0.25, 0.3) is 0 Å². The Morgan fingerprint density at radius 1 is 1.20 bits per heavy atom. The average Bonchev–Trinajstić information content (AvgIpc) is 2.95. The zero-order valence-corrected chi connectivity index (χ0v) is 12.2. The molecule has 1 aromatic carbocycles. The Hall–Kier alpha value is -1.39. The second-order valence-corrected chi connectivity index (χ2v) is 6.36. The lowest BCUT2D eigenvalue weighted by Gasteiger charge is -2.37. The van der Waals surface area contributed by atoms with Crippen molar-refractivity contribution in [2.75, 3.05) is 18.0 Å². The van der Waals surface area contributed by atoms with E-state index < -0.39 is 0 Å². The minimum atomic E-state index is -0.172. The number of thiophene rings is 1. The Morgan fingerprint density at radius 2 is 2.00 bits per heavy atom. The van der Waals surface area contributed by atoms with Gasteiger partial charge in [0, 0.05) is 30.2 Å². The molecule has 0 amide bonds. The summed E-state index contributed by atoms with van der Waals surface area (Å²) in [6, 6.07) is 9.20. The number of halogens is 1. The Balaban J connectivity index is 1.68. The first kappa shape index (κ1) is 13.6. The fraction of sp³-hybridized carbons (Fsp3) is 0.375. The molecule has 20 heavy (non-hydrogen) atoms. The highest BCUT2D eigenvalue weighted by atomic mass is 32.1. The molecule has 2 heterocycles. The molecule has 2 aromatic rings. The fourth-order valence-electron chi connectivity index (χ4n) is 3.00. The molecule has 2 atom stereocenters. The van der Waals surface area contributed by atoms with Crippen molar-refractivity contribution in [1.82, 2.24) is 0 Å². The second kappa shape index (κ2) is 5.94. The van der Waals surface area contributed by atoms with E-state index >= 15 is 0 Å². The summed E-state index contributed by atoms with van der Waals surface area (Å²) in [7, 11) is 0.